The third-order valence-electron chi connectivity index (χ3n) is 4.52. The smallest absolute Gasteiger partial charge is 0.337 e. The molecule has 0 saturated heterocycles. The highest BCUT2D eigenvalue weighted by Gasteiger charge is 2.20. The summed E-state index contributed by atoms with van der Waals surface area (Å²) in [6.07, 6.45) is 0.00397. The number of benzene rings is 2. The van der Waals surface area contributed by atoms with Crippen molar-refractivity contribution < 1.29 is 14.6 Å². The van der Waals surface area contributed by atoms with E-state index in [0.717, 1.165) is 39.7 Å². The van der Waals surface area contributed by atoms with E-state index < -0.39 is 6.10 Å². The van der Waals surface area contributed by atoms with Crippen molar-refractivity contribution in [2.75, 3.05) is 7.11 Å². The quantitative estimate of drug-likeness (QED) is 0.733. The second-order valence-electron chi connectivity index (χ2n) is 5.98. The molecule has 1 atom stereocenters. The Labute approximate surface area is 147 Å². The molecule has 1 aromatic heterocycles. The summed E-state index contributed by atoms with van der Waals surface area (Å²) in [5, 5.41) is 12.0. The van der Waals surface area contributed by atoms with Crippen LogP contribution >= 0.6 is 0 Å². The summed E-state index contributed by atoms with van der Waals surface area (Å²) in [5.74, 6) is -0.388. The first-order valence-electron chi connectivity index (χ1n) is 8.31. The molecule has 1 heterocycles. The zero-order chi connectivity index (χ0) is 18.0. The van der Waals surface area contributed by atoms with Gasteiger partial charge in [-0.1, -0.05) is 37.3 Å². The topological polar surface area (TPSA) is 59.4 Å². The monoisotopic (exact) mass is 335 g/mol. The van der Waals surface area contributed by atoms with Crippen LogP contribution in [-0.2, 0) is 11.2 Å². The van der Waals surface area contributed by atoms with Gasteiger partial charge in [0.1, 0.15) is 6.10 Å². The number of fused-ring (bicyclic) bond motifs is 1. The largest absolute Gasteiger partial charge is 0.465 e. The first-order chi connectivity index (χ1) is 12.1. The molecule has 4 heteroatoms. The number of para-hydroxylation sites is 1. The van der Waals surface area contributed by atoms with Crippen LogP contribution in [-0.4, -0.2) is 23.2 Å². The standard InChI is InChI=1S/C21H21NO3/c1-4-16-13(2)22-18-8-6-5-7-17(18)19(16)20(23)14-9-11-15(12-10-14)21(24)25-3/h5-12,20,23H,4H2,1-3H3. The number of aliphatic hydroxyl groups excluding tert-OH is 1. The molecule has 2 aromatic carbocycles. The zero-order valence-corrected chi connectivity index (χ0v) is 14.6. The molecule has 0 bridgehead atoms. The average molecular weight is 335 g/mol. The number of rotatable bonds is 4. The van der Waals surface area contributed by atoms with Gasteiger partial charge in [0.2, 0.25) is 0 Å². The number of hydrogen-bond acceptors (Lipinski definition) is 4. The number of hydrogen-bond donors (Lipinski definition) is 1. The highest BCUT2D eigenvalue weighted by Crippen LogP contribution is 2.33. The number of carbonyl (C=O) groups excluding carboxylic acids is 1. The second-order valence-corrected chi connectivity index (χ2v) is 5.98. The van der Waals surface area contributed by atoms with E-state index in [-0.39, 0.29) is 5.97 Å². The predicted molar refractivity (Wildman–Crippen MR) is 97.7 cm³/mol. The molecule has 0 aliphatic heterocycles. The summed E-state index contributed by atoms with van der Waals surface area (Å²) >= 11 is 0. The van der Waals surface area contributed by atoms with Crippen molar-refractivity contribution in [3.8, 4) is 0 Å². The molecule has 128 valence electrons. The van der Waals surface area contributed by atoms with Gasteiger partial charge in [0.25, 0.3) is 0 Å². The molecule has 0 fully saturated rings. The molecule has 3 aromatic rings. The minimum Gasteiger partial charge on any atom is -0.465 e. The molecule has 0 aliphatic rings. The second kappa shape index (κ2) is 7.03. The van der Waals surface area contributed by atoms with E-state index in [0.29, 0.717) is 5.56 Å². The van der Waals surface area contributed by atoms with Crippen molar-refractivity contribution in [1.82, 2.24) is 4.98 Å². The van der Waals surface area contributed by atoms with Crippen LogP contribution in [0.15, 0.2) is 48.5 Å². The molecule has 0 amide bonds. The minimum atomic E-state index is -0.784. The Morgan fingerprint density at radius 1 is 1.16 bits per heavy atom. The Balaban J connectivity index is 2.13. The van der Waals surface area contributed by atoms with Gasteiger partial charge in [-0.3, -0.25) is 4.98 Å². The van der Waals surface area contributed by atoms with Gasteiger partial charge in [-0.15, -0.1) is 0 Å². The van der Waals surface area contributed by atoms with Crippen molar-refractivity contribution in [3.05, 3.63) is 76.5 Å². The molecule has 0 radical (unpaired) electrons. The van der Waals surface area contributed by atoms with Crippen LogP contribution in [0.5, 0.6) is 0 Å². The van der Waals surface area contributed by atoms with E-state index in [9.17, 15) is 9.90 Å². The molecule has 1 N–H and O–H groups in total. The summed E-state index contributed by atoms with van der Waals surface area (Å²) < 4.78 is 4.72. The Hall–Kier alpha value is -2.72. The van der Waals surface area contributed by atoms with E-state index in [4.69, 9.17) is 4.74 Å². The maximum absolute atomic E-state index is 11.6. The molecule has 0 spiro atoms. The summed E-state index contributed by atoms with van der Waals surface area (Å²) in [6.45, 7) is 4.04. The lowest BCUT2D eigenvalue weighted by Crippen LogP contribution is -2.08. The van der Waals surface area contributed by atoms with Crippen molar-refractivity contribution >= 4 is 16.9 Å². The lowest BCUT2D eigenvalue weighted by Gasteiger charge is -2.20. The summed E-state index contributed by atoms with van der Waals surface area (Å²) in [5.41, 5.74) is 4.95. The molecule has 1 unspecified atom stereocenters. The Bertz CT molecular complexity index is 916. The van der Waals surface area contributed by atoms with Crippen molar-refractivity contribution in [2.24, 2.45) is 0 Å². The fraction of sp³-hybridized carbons (Fsp3) is 0.238. The van der Waals surface area contributed by atoms with Gasteiger partial charge in [-0.2, -0.15) is 0 Å². The Kier molecular flexibility index (Phi) is 4.81. The lowest BCUT2D eigenvalue weighted by atomic mass is 9.91. The van der Waals surface area contributed by atoms with Gasteiger partial charge in [-0.25, -0.2) is 4.79 Å². The van der Waals surface area contributed by atoms with Crippen LogP contribution in [0, 0.1) is 6.92 Å². The molecule has 3 rings (SSSR count). The molecule has 0 saturated carbocycles. The number of esters is 1. The van der Waals surface area contributed by atoms with Crippen LogP contribution in [0.4, 0.5) is 0 Å². The summed E-state index contributed by atoms with van der Waals surface area (Å²) in [4.78, 5) is 16.3. The number of methoxy groups -OCH3 is 1. The van der Waals surface area contributed by atoms with Crippen molar-refractivity contribution in [2.45, 2.75) is 26.4 Å². The first-order valence-corrected chi connectivity index (χ1v) is 8.31. The molecule has 4 nitrogen and oxygen atoms in total. The van der Waals surface area contributed by atoms with Crippen LogP contribution < -0.4 is 0 Å². The zero-order valence-electron chi connectivity index (χ0n) is 14.6. The highest BCUT2D eigenvalue weighted by atomic mass is 16.5. The number of aryl methyl sites for hydroxylation is 1. The Morgan fingerprint density at radius 2 is 1.84 bits per heavy atom. The fourth-order valence-electron chi connectivity index (χ4n) is 3.25. The maximum atomic E-state index is 11.6. The lowest BCUT2D eigenvalue weighted by molar-refractivity contribution is 0.0600. The first kappa shape index (κ1) is 17.1. The third-order valence-corrected chi connectivity index (χ3v) is 4.52. The number of carbonyl (C=O) groups is 1. The van der Waals surface area contributed by atoms with Gasteiger partial charge in [0, 0.05) is 11.1 Å². The normalized spacial score (nSPS) is 12.2. The maximum Gasteiger partial charge on any atom is 0.337 e. The van der Waals surface area contributed by atoms with Gasteiger partial charge < -0.3 is 9.84 Å². The van der Waals surface area contributed by atoms with E-state index in [1.807, 2.05) is 31.2 Å². The van der Waals surface area contributed by atoms with Crippen molar-refractivity contribution in [1.29, 1.82) is 0 Å². The van der Waals surface area contributed by atoms with Gasteiger partial charge in [0.15, 0.2) is 0 Å². The number of aliphatic hydroxyl groups is 1. The van der Waals surface area contributed by atoms with Gasteiger partial charge in [0.05, 0.1) is 18.2 Å². The number of pyridine rings is 1. The molecular weight excluding hydrogens is 314 g/mol. The number of nitrogens with zero attached hydrogens (tertiary/aromatic N) is 1. The van der Waals surface area contributed by atoms with Crippen LogP contribution in [0.25, 0.3) is 10.9 Å². The predicted octanol–water partition coefficient (Wildman–Crippen LogP) is 3.97. The summed E-state index contributed by atoms with van der Waals surface area (Å²) in [7, 11) is 1.35. The highest BCUT2D eigenvalue weighted by molar-refractivity contribution is 5.89. The van der Waals surface area contributed by atoms with Gasteiger partial charge >= 0.3 is 5.97 Å². The molecular formula is C21H21NO3. The van der Waals surface area contributed by atoms with E-state index in [1.165, 1.54) is 7.11 Å². The fourth-order valence-corrected chi connectivity index (χ4v) is 3.25. The van der Waals surface area contributed by atoms with E-state index in [2.05, 4.69) is 11.9 Å². The van der Waals surface area contributed by atoms with E-state index >= 15 is 0 Å². The Morgan fingerprint density at radius 3 is 2.48 bits per heavy atom. The van der Waals surface area contributed by atoms with Gasteiger partial charge in [-0.05, 0) is 48.2 Å². The summed E-state index contributed by atoms with van der Waals surface area (Å²) in [6, 6.07) is 14.7. The molecule has 25 heavy (non-hydrogen) atoms. The van der Waals surface area contributed by atoms with Crippen LogP contribution in [0.3, 0.4) is 0 Å². The van der Waals surface area contributed by atoms with Crippen molar-refractivity contribution in [3.63, 3.8) is 0 Å². The van der Waals surface area contributed by atoms with Crippen LogP contribution in [0.1, 0.15) is 45.8 Å². The SMILES string of the molecule is CCc1c(C)nc2ccccc2c1C(O)c1ccc(C(=O)OC)cc1. The number of aromatic nitrogens is 1. The van der Waals surface area contributed by atoms with Crippen LogP contribution in [0.2, 0.25) is 0 Å². The average Bonchev–Trinajstić information content (AvgIpc) is 2.65. The third kappa shape index (κ3) is 3.13. The van der Waals surface area contributed by atoms with E-state index in [1.54, 1.807) is 24.3 Å². The minimum absolute atomic E-state index is 0.388. The molecule has 0 aliphatic carbocycles. The number of ether oxygens (including phenoxy) is 1.